The molecule has 0 aliphatic carbocycles. The first-order valence-corrected chi connectivity index (χ1v) is 8.93. The number of hydrogen-bond acceptors (Lipinski definition) is 5. The van der Waals surface area contributed by atoms with E-state index in [1.54, 1.807) is 31.2 Å². The molecule has 2 N–H and O–H groups in total. The van der Waals surface area contributed by atoms with E-state index >= 15 is 0 Å². The third-order valence-corrected chi connectivity index (χ3v) is 3.90. The molecule has 1 rings (SSSR count). The molecular formula is C20H27N5O3. The number of carbonyl (C=O) groups is 3. The summed E-state index contributed by atoms with van der Waals surface area (Å²) in [7, 11) is 0. The summed E-state index contributed by atoms with van der Waals surface area (Å²) in [6.07, 6.45) is 7.70. The first-order valence-electron chi connectivity index (χ1n) is 8.93. The van der Waals surface area contributed by atoms with E-state index in [0.29, 0.717) is 30.0 Å². The van der Waals surface area contributed by atoms with Crippen molar-refractivity contribution in [2.75, 3.05) is 0 Å². The van der Waals surface area contributed by atoms with Crippen LogP contribution in [0.15, 0.2) is 51.8 Å². The minimum atomic E-state index is -0.644. The van der Waals surface area contributed by atoms with Crippen molar-refractivity contribution in [1.29, 1.82) is 0 Å². The molecule has 0 aromatic rings. The molecule has 0 aromatic heterocycles. The second-order valence-electron chi connectivity index (χ2n) is 6.70. The van der Waals surface area contributed by atoms with Crippen molar-refractivity contribution in [2.24, 2.45) is 15.2 Å². The molecule has 0 bridgehead atoms. The fourth-order valence-corrected chi connectivity index (χ4v) is 2.26. The zero-order valence-corrected chi connectivity index (χ0v) is 17.0. The molecule has 3 amide bonds. The van der Waals surface area contributed by atoms with Gasteiger partial charge in [0.1, 0.15) is 0 Å². The molecule has 1 aliphatic heterocycles. The van der Waals surface area contributed by atoms with E-state index < -0.39 is 17.2 Å². The van der Waals surface area contributed by atoms with Gasteiger partial charge < -0.3 is 10.6 Å². The molecule has 1 heterocycles. The van der Waals surface area contributed by atoms with Crippen molar-refractivity contribution < 1.29 is 14.4 Å². The Morgan fingerprint density at radius 2 is 1.96 bits per heavy atom. The van der Waals surface area contributed by atoms with Gasteiger partial charge in [0.2, 0.25) is 0 Å². The Bertz CT molecular complexity index is 814. The van der Waals surface area contributed by atoms with E-state index in [2.05, 4.69) is 32.4 Å². The first-order chi connectivity index (χ1) is 13.1. The van der Waals surface area contributed by atoms with Crippen LogP contribution in [-0.2, 0) is 9.59 Å². The highest BCUT2D eigenvalue weighted by Gasteiger charge is 2.32. The lowest BCUT2D eigenvalue weighted by Gasteiger charge is -2.19. The second-order valence-corrected chi connectivity index (χ2v) is 6.70. The number of Topliss-reactive ketones (excluding diaryl/α,β-unsaturated/α-hetero) is 1. The zero-order valence-electron chi connectivity index (χ0n) is 17.0. The zero-order chi connectivity index (χ0) is 21.3. The van der Waals surface area contributed by atoms with Crippen molar-refractivity contribution in [3.8, 4) is 0 Å². The maximum Gasteiger partial charge on any atom is 0.341 e. The van der Waals surface area contributed by atoms with E-state index in [1.165, 1.54) is 6.92 Å². The molecule has 150 valence electrons. The van der Waals surface area contributed by atoms with E-state index in [1.807, 2.05) is 20.8 Å². The molecule has 0 saturated heterocycles. The number of nitrogens with one attached hydrogen (secondary N) is 2. The highest BCUT2D eigenvalue weighted by molar-refractivity contribution is 6.65. The van der Waals surface area contributed by atoms with Gasteiger partial charge in [-0.3, -0.25) is 9.59 Å². The van der Waals surface area contributed by atoms with Crippen LogP contribution in [0.25, 0.3) is 0 Å². The third kappa shape index (κ3) is 6.86. The standard InChI is InChI=1S/C20H27N5O3/c1-7-9-10-15(8-2)24-25-17(14(4)26)18(27)21-13(3)11-12-16-20(5,6)23-19(28)22-16/h7,9-11H,1,8,12H2,2-6H3,(H,21,27)(H,23,28)/b10-9-,13-11+,24-15-,25-17+. The molecular weight excluding hydrogens is 358 g/mol. The summed E-state index contributed by atoms with van der Waals surface area (Å²) in [5, 5.41) is 13.1. The van der Waals surface area contributed by atoms with Gasteiger partial charge in [-0.05, 0) is 33.3 Å². The maximum absolute atomic E-state index is 12.4. The number of carbonyl (C=O) groups excluding carboxylic acids is 3. The highest BCUT2D eigenvalue weighted by Crippen LogP contribution is 2.16. The summed E-state index contributed by atoms with van der Waals surface area (Å²) < 4.78 is 0. The Morgan fingerprint density at radius 3 is 2.46 bits per heavy atom. The summed E-state index contributed by atoms with van der Waals surface area (Å²) in [6.45, 7) is 12.1. The van der Waals surface area contributed by atoms with E-state index in [4.69, 9.17) is 0 Å². The number of allylic oxidation sites excluding steroid dienone is 5. The molecule has 8 nitrogen and oxygen atoms in total. The van der Waals surface area contributed by atoms with Crippen molar-refractivity contribution >= 4 is 34.9 Å². The Balaban J connectivity index is 2.90. The minimum Gasteiger partial charge on any atom is -0.326 e. The van der Waals surface area contributed by atoms with Gasteiger partial charge in [-0.2, -0.15) is 5.10 Å². The Morgan fingerprint density at radius 1 is 1.29 bits per heavy atom. The summed E-state index contributed by atoms with van der Waals surface area (Å²) >= 11 is 0. The molecule has 28 heavy (non-hydrogen) atoms. The van der Waals surface area contributed by atoms with Crippen LogP contribution in [0.3, 0.4) is 0 Å². The Kier molecular flexibility index (Phi) is 8.37. The number of amides is 3. The van der Waals surface area contributed by atoms with Crippen LogP contribution in [0.2, 0.25) is 0 Å². The van der Waals surface area contributed by atoms with Gasteiger partial charge in [-0.15, -0.1) is 5.10 Å². The van der Waals surface area contributed by atoms with Crippen LogP contribution in [0.1, 0.15) is 47.5 Å². The molecule has 0 fully saturated rings. The lowest BCUT2D eigenvalue weighted by molar-refractivity contribution is -0.116. The average Bonchev–Trinajstić information content (AvgIpc) is 2.87. The van der Waals surface area contributed by atoms with Crippen LogP contribution in [-0.4, -0.2) is 40.4 Å². The number of rotatable bonds is 9. The predicted octanol–water partition coefficient (Wildman–Crippen LogP) is 2.88. The number of urea groups is 1. The molecule has 1 aliphatic rings. The van der Waals surface area contributed by atoms with Gasteiger partial charge in [0.15, 0.2) is 11.5 Å². The van der Waals surface area contributed by atoms with Crippen molar-refractivity contribution in [3.05, 3.63) is 36.6 Å². The van der Waals surface area contributed by atoms with Crippen LogP contribution in [0.4, 0.5) is 4.79 Å². The van der Waals surface area contributed by atoms with Crippen molar-refractivity contribution in [3.63, 3.8) is 0 Å². The Labute approximate surface area is 165 Å². The summed E-state index contributed by atoms with van der Waals surface area (Å²) in [4.78, 5) is 39.5. The fraction of sp³-hybridized carbons (Fsp3) is 0.400. The maximum atomic E-state index is 12.4. The third-order valence-electron chi connectivity index (χ3n) is 3.90. The Hall–Kier alpha value is -3.16. The van der Waals surface area contributed by atoms with Gasteiger partial charge in [-0.1, -0.05) is 31.7 Å². The summed E-state index contributed by atoms with van der Waals surface area (Å²) in [6, 6.07) is -0.379. The van der Waals surface area contributed by atoms with E-state index in [9.17, 15) is 14.4 Å². The van der Waals surface area contributed by atoms with Crippen LogP contribution >= 0.6 is 0 Å². The number of hydrogen-bond donors (Lipinski definition) is 2. The monoisotopic (exact) mass is 385 g/mol. The lowest BCUT2D eigenvalue weighted by atomic mass is 9.97. The molecule has 8 heteroatoms. The van der Waals surface area contributed by atoms with E-state index in [0.717, 1.165) is 0 Å². The van der Waals surface area contributed by atoms with Gasteiger partial charge >= 0.3 is 6.03 Å². The molecule has 0 saturated carbocycles. The normalized spacial score (nSPS) is 17.4. The topological polar surface area (TPSA) is 112 Å². The number of nitrogens with zero attached hydrogens (tertiary/aromatic N) is 3. The molecule has 0 spiro atoms. The van der Waals surface area contributed by atoms with Crippen molar-refractivity contribution in [2.45, 2.75) is 53.0 Å². The minimum absolute atomic E-state index is 0.291. The largest absolute Gasteiger partial charge is 0.341 e. The quantitative estimate of drug-likeness (QED) is 0.275. The van der Waals surface area contributed by atoms with Crippen LogP contribution < -0.4 is 10.6 Å². The smallest absolute Gasteiger partial charge is 0.326 e. The molecule has 0 radical (unpaired) electrons. The predicted molar refractivity (Wildman–Crippen MR) is 112 cm³/mol. The SMILES string of the molecule is C=C\C=C/C(CC)=N\N=C(/C(C)=O)C(=O)N/C(C)=C/CC1=NC(=O)NC1(C)C. The number of aliphatic imine (C=N–C) groups is 1. The molecule has 0 atom stereocenters. The first kappa shape index (κ1) is 22.9. The molecule has 0 unspecified atom stereocenters. The summed E-state index contributed by atoms with van der Waals surface area (Å²) in [5.41, 5.74) is 0.966. The highest BCUT2D eigenvalue weighted by atomic mass is 16.2. The van der Waals surface area contributed by atoms with Crippen LogP contribution in [0, 0.1) is 0 Å². The second kappa shape index (κ2) is 10.2. The van der Waals surface area contributed by atoms with Gasteiger partial charge in [0, 0.05) is 19.0 Å². The van der Waals surface area contributed by atoms with Crippen LogP contribution in [0.5, 0.6) is 0 Å². The molecule has 0 aromatic carbocycles. The number of ketones is 1. The lowest BCUT2D eigenvalue weighted by Crippen LogP contribution is -2.42. The van der Waals surface area contributed by atoms with Gasteiger partial charge in [-0.25, -0.2) is 9.79 Å². The fourth-order valence-electron chi connectivity index (χ4n) is 2.26. The average molecular weight is 385 g/mol. The van der Waals surface area contributed by atoms with Crippen molar-refractivity contribution in [1.82, 2.24) is 10.6 Å². The van der Waals surface area contributed by atoms with Gasteiger partial charge in [0.25, 0.3) is 5.91 Å². The summed E-state index contributed by atoms with van der Waals surface area (Å²) in [5.74, 6) is -1.14. The van der Waals surface area contributed by atoms with E-state index in [-0.39, 0.29) is 11.7 Å². The van der Waals surface area contributed by atoms with Gasteiger partial charge in [0.05, 0.1) is 17.0 Å².